The molecule has 0 aromatic heterocycles. The Labute approximate surface area is 152 Å². The molecule has 0 unspecified atom stereocenters. The van der Waals surface area contributed by atoms with Crippen LogP contribution in [0.2, 0.25) is 0 Å². The Morgan fingerprint density at radius 3 is 2.24 bits per heavy atom. The number of imide groups is 1. The number of hydrogen-bond donors (Lipinski definition) is 0. The minimum atomic E-state index is -0.865. The predicted octanol–water partition coefficient (Wildman–Crippen LogP) is 3.02. The molecule has 1 heterocycles. The monoisotopic (exact) mass is 361 g/mol. The molecule has 1 aliphatic heterocycles. The van der Waals surface area contributed by atoms with Gasteiger partial charge in [0.25, 0.3) is 0 Å². The highest BCUT2D eigenvalue weighted by Crippen LogP contribution is 2.38. The van der Waals surface area contributed by atoms with E-state index in [9.17, 15) is 14.4 Å². The summed E-state index contributed by atoms with van der Waals surface area (Å²) in [7, 11) is 0. The number of amides is 2. The van der Waals surface area contributed by atoms with Crippen molar-refractivity contribution in [1.29, 1.82) is 0 Å². The van der Waals surface area contributed by atoms with Crippen LogP contribution in [0.4, 0.5) is 0 Å². The third-order valence-corrected chi connectivity index (χ3v) is 5.89. The van der Waals surface area contributed by atoms with E-state index < -0.39 is 12.0 Å². The molecule has 2 amide bonds. The van der Waals surface area contributed by atoms with Crippen molar-refractivity contribution in [3.63, 3.8) is 0 Å². The fourth-order valence-corrected chi connectivity index (χ4v) is 4.08. The number of fused-ring (bicyclic) bond motifs is 1. The smallest absolute Gasteiger partial charge is 0.329 e. The molecule has 0 bridgehead atoms. The first-order valence-corrected chi connectivity index (χ1v) is 9.92. The van der Waals surface area contributed by atoms with Gasteiger partial charge >= 0.3 is 5.97 Å². The molecule has 5 nitrogen and oxygen atoms in total. The van der Waals surface area contributed by atoms with Crippen LogP contribution < -0.4 is 0 Å². The van der Waals surface area contributed by atoms with Crippen molar-refractivity contribution >= 4 is 29.5 Å². The molecular weight excluding hydrogens is 338 g/mol. The fraction of sp³-hybridized carbons (Fsp3) is 0.526. The lowest BCUT2D eigenvalue weighted by Crippen LogP contribution is -2.44. The van der Waals surface area contributed by atoms with Crippen molar-refractivity contribution < 1.29 is 19.1 Å². The molecule has 3 atom stereocenters. The van der Waals surface area contributed by atoms with Crippen molar-refractivity contribution in [2.45, 2.75) is 50.2 Å². The van der Waals surface area contributed by atoms with Crippen LogP contribution >= 0.6 is 11.8 Å². The number of nitrogens with zero attached hydrogens (tertiary/aromatic N) is 1. The maximum atomic E-state index is 12.5. The molecule has 6 heteroatoms. The van der Waals surface area contributed by atoms with E-state index in [4.69, 9.17) is 4.74 Å². The topological polar surface area (TPSA) is 63.7 Å². The predicted molar refractivity (Wildman–Crippen MR) is 94.8 cm³/mol. The molecule has 134 valence electrons. The summed E-state index contributed by atoms with van der Waals surface area (Å²) in [5.41, 5.74) is 0.881. The molecule has 0 N–H and O–H groups in total. The normalized spacial score (nSPS) is 24.2. The summed E-state index contributed by atoms with van der Waals surface area (Å²) >= 11 is 1.64. The highest BCUT2D eigenvalue weighted by molar-refractivity contribution is 7.98. The Morgan fingerprint density at radius 2 is 1.72 bits per heavy atom. The van der Waals surface area contributed by atoms with Gasteiger partial charge in [-0.15, -0.1) is 11.8 Å². The lowest BCUT2D eigenvalue weighted by Gasteiger charge is -2.21. The average molecular weight is 361 g/mol. The maximum Gasteiger partial charge on any atom is 0.329 e. The zero-order valence-electron chi connectivity index (χ0n) is 14.6. The van der Waals surface area contributed by atoms with E-state index in [0.717, 1.165) is 41.0 Å². The van der Waals surface area contributed by atoms with E-state index in [1.54, 1.807) is 18.7 Å². The van der Waals surface area contributed by atoms with Gasteiger partial charge in [-0.2, -0.15) is 0 Å². The third-order valence-electron chi connectivity index (χ3n) is 5.14. The Bertz CT molecular complexity index is 649. The van der Waals surface area contributed by atoms with Crippen molar-refractivity contribution in [1.82, 2.24) is 4.90 Å². The molecule has 25 heavy (non-hydrogen) atoms. The van der Waals surface area contributed by atoms with Crippen LogP contribution in [0.3, 0.4) is 0 Å². The van der Waals surface area contributed by atoms with Gasteiger partial charge in [-0.25, -0.2) is 4.79 Å². The van der Waals surface area contributed by atoms with E-state index in [1.165, 1.54) is 0 Å². The van der Waals surface area contributed by atoms with Gasteiger partial charge in [-0.05, 0) is 43.7 Å². The molecule has 2 fully saturated rings. The van der Waals surface area contributed by atoms with Gasteiger partial charge in [0.05, 0.1) is 11.8 Å². The first-order chi connectivity index (χ1) is 12.0. The summed E-state index contributed by atoms with van der Waals surface area (Å²) in [6, 6.07) is 6.89. The molecule has 1 aromatic carbocycles. The molecule has 1 saturated heterocycles. The second-order valence-electron chi connectivity index (χ2n) is 6.68. The summed E-state index contributed by atoms with van der Waals surface area (Å²) in [4.78, 5) is 39.7. The number of likely N-dealkylation sites (tertiary alicyclic amines) is 1. The lowest BCUT2D eigenvalue weighted by molar-refractivity contribution is -0.159. The molecule has 3 rings (SSSR count). The fourth-order valence-electron chi connectivity index (χ4n) is 3.67. The van der Waals surface area contributed by atoms with Crippen molar-refractivity contribution in [2.75, 3.05) is 6.26 Å². The van der Waals surface area contributed by atoms with E-state index >= 15 is 0 Å². The van der Waals surface area contributed by atoms with Crippen LogP contribution in [0.1, 0.15) is 38.2 Å². The Morgan fingerprint density at radius 1 is 1.16 bits per heavy atom. The Hall–Kier alpha value is -1.82. The van der Waals surface area contributed by atoms with Gasteiger partial charge in [0, 0.05) is 4.90 Å². The van der Waals surface area contributed by atoms with Gasteiger partial charge in [0.2, 0.25) is 11.8 Å². The van der Waals surface area contributed by atoms with Gasteiger partial charge in [0.15, 0.2) is 0 Å². The molecule has 0 spiro atoms. The minimum Gasteiger partial charge on any atom is -0.459 e. The van der Waals surface area contributed by atoms with E-state index in [1.807, 2.05) is 30.5 Å². The minimum absolute atomic E-state index is 0.140. The number of carbonyl (C=O) groups excluding carboxylic acids is 3. The van der Waals surface area contributed by atoms with Gasteiger partial charge < -0.3 is 4.74 Å². The number of thioether (sulfide) groups is 1. The number of ether oxygens (including phenoxy) is 1. The largest absolute Gasteiger partial charge is 0.459 e. The summed E-state index contributed by atoms with van der Waals surface area (Å²) in [5, 5.41) is 0. The molecule has 1 aliphatic carbocycles. The molecular formula is C19H23NO4S. The van der Waals surface area contributed by atoms with Gasteiger partial charge in [0.1, 0.15) is 12.6 Å². The third kappa shape index (κ3) is 3.59. The average Bonchev–Trinajstić information content (AvgIpc) is 2.90. The van der Waals surface area contributed by atoms with E-state index in [-0.39, 0.29) is 30.3 Å². The van der Waals surface area contributed by atoms with Crippen molar-refractivity contribution in [3.05, 3.63) is 29.8 Å². The Balaban J connectivity index is 1.61. The number of rotatable bonds is 5. The number of hydrogen-bond acceptors (Lipinski definition) is 5. The van der Waals surface area contributed by atoms with E-state index in [0.29, 0.717) is 0 Å². The molecule has 2 aliphatic rings. The van der Waals surface area contributed by atoms with Crippen LogP contribution in [-0.2, 0) is 25.7 Å². The van der Waals surface area contributed by atoms with E-state index in [2.05, 4.69) is 0 Å². The number of esters is 1. The van der Waals surface area contributed by atoms with Crippen LogP contribution in [0.15, 0.2) is 29.2 Å². The molecule has 0 radical (unpaired) electrons. The van der Waals surface area contributed by atoms with Crippen molar-refractivity contribution in [3.8, 4) is 0 Å². The highest BCUT2D eigenvalue weighted by Gasteiger charge is 2.51. The van der Waals surface area contributed by atoms with Crippen LogP contribution in [-0.4, -0.2) is 35.0 Å². The first kappa shape index (κ1) is 18.0. The summed E-state index contributed by atoms with van der Waals surface area (Å²) in [5.74, 6) is -1.42. The summed E-state index contributed by atoms with van der Waals surface area (Å²) < 4.78 is 5.33. The summed E-state index contributed by atoms with van der Waals surface area (Å²) in [6.07, 6.45) is 5.43. The summed E-state index contributed by atoms with van der Waals surface area (Å²) in [6.45, 7) is 1.72. The van der Waals surface area contributed by atoms with Crippen LogP contribution in [0.25, 0.3) is 0 Å². The van der Waals surface area contributed by atoms with Crippen molar-refractivity contribution in [2.24, 2.45) is 11.8 Å². The second kappa shape index (κ2) is 7.60. The first-order valence-electron chi connectivity index (χ1n) is 8.69. The SMILES string of the molecule is CSc1ccc(COC(=O)[C@H](C)N2C(=O)[C@H]3CCCC[C@H]3C2=O)cc1. The molecule has 1 saturated carbocycles. The van der Waals surface area contributed by atoms with Gasteiger partial charge in [-0.3, -0.25) is 14.5 Å². The Kier molecular flexibility index (Phi) is 5.47. The van der Waals surface area contributed by atoms with Gasteiger partial charge in [-0.1, -0.05) is 25.0 Å². The number of benzene rings is 1. The highest BCUT2D eigenvalue weighted by atomic mass is 32.2. The standard InChI is InChI=1S/C19H23NO4S/c1-12(19(23)24-11-13-7-9-14(25-2)10-8-13)20-17(21)15-5-3-4-6-16(15)18(20)22/h7-10,12,15-16H,3-6,11H2,1-2H3/t12-,15-,16+/m0/s1. The zero-order chi connectivity index (χ0) is 18.0. The maximum absolute atomic E-state index is 12.5. The molecule has 1 aromatic rings. The lowest BCUT2D eigenvalue weighted by atomic mass is 9.81. The zero-order valence-corrected chi connectivity index (χ0v) is 15.4. The number of carbonyl (C=O) groups is 3. The second-order valence-corrected chi connectivity index (χ2v) is 7.56. The quantitative estimate of drug-likeness (QED) is 0.458. The van der Waals surface area contributed by atoms with Crippen LogP contribution in [0, 0.1) is 11.8 Å². The van der Waals surface area contributed by atoms with Crippen LogP contribution in [0.5, 0.6) is 0 Å².